The van der Waals surface area contributed by atoms with Crippen molar-refractivity contribution in [1.82, 2.24) is 29.7 Å². The average molecular weight is 351 g/mol. The van der Waals surface area contributed by atoms with E-state index in [9.17, 15) is 8.78 Å². The molecule has 0 saturated carbocycles. The third kappa shape index (κ3) is 3.28. The fourth-order valence-corrected chi connectivity index (χ4v) is 2.29. The quantitative estimate of drug-likeness (QED) is 0.653. The molecule has 134 valence electrons. The first kappa shape index (κ1) is 17.2. The minimum Gasteiger partial charge on any atom is -0.424 e. The molecule has 0 saturated heterocycles. The van der Waals surface area contributed by atoms with E-state index < -0.39 is 19.0 Å². The molecule has 0 amide bonds. The Balaban J connectivity index is 2.15. The molecule has 0 spiro atoms. The molecule has 0 fully saturated rings. The Morgan fingerprint density at radius 2 is 1.88 bits per heavy atom. The second-order valence-corrected chi connectivity index (χ2v) is 6.66. The zero-order chi connectivity index (χ0) is 18.2. The summed E-state index contributed by atoms with van der Waals surface area (Å²) < 4.78 is 33.5. The van der Waals surface area contributed by atoms with Crippen LogP contribution >= 0.6 is 0 Å². The van der Waals surface area contributed by atoms with Gasteiger partial charge in [0.05, 0.1) is 6.33 Å². The Morgan fingerprint density at radius 3 is 2.44 bits per heavy atom. The summed E-state index contributed by atoms with van der Waals surface area (Å²) in [6.07, 6.45) is 1.52. The van der Waals surface area contributed by atoms with Crippen LogP contribution < -0.4 is 4.90 Å². The van der Waals surface area contributed by atoms with E-state index >= 15 is 0 Å². The molecular formula is C15H19F2N7O. The molecule has 25 heavy (non-hydrogen) atoms. The number of aryl methyl sites for hydroxylation is 1. The predicted molar refractivity (Wildman–Crippen MR) is 86.6 cm³/mol. The summed E-state index contributed by atoms with van der Waals surface area (Å²) in [5, 5.41) is 7.74. The number of hydrogen-bond donors (Lipinski definition) is 0. The lowest BCUT2D eigenvalue weighted by Gasteiger charge is -2.21. The molecule has 0 atom stereocenters. The van der Waals surface area contributed by atoms with Crippen LogP contribution in [0.3, 0.4) is 0 Å². The van der Waals surface area contributed by atoms with Crippen molar-refractivity contribution < 1.29 is 13.2 Å². The molecule has 0 N–H and O–H groups in total. The van der Waals surface area contributed by atoms with Crippen LogP contribution in [-0.2, 0) is 12.0 Å². The minimum atomic E-state index is -1.01. The van der Waals surface area contributed by atoms with Gasteiger partial charge in [0.25, 0.3) is 0 Å². The van der Waals surface area contributed by atoms with E-state index in [0.717, 1.165) is 4.90 Å². The molecular weight excluding hydrogens is 332 g/mol. The summed E-state index contributed by atoms with van der Waals surface area (Å²) in [6, 6.07) is 0. The van der Waals surface area contributed by atoms with Crippen LogP contribution in [0.25, 0.3) is 11.2 Å². The van der Waals surface area contributed by atoms with Crippen LogP contribution in [0.4, 0.5) is 14.6 Å². The number of anilines is 1. The van der Waals surface area contributed by atoms with Crippen LogP contribution in [-0.4, -0.2) is 43.3 Å². The van der Waals surface area contributed by atoms with Gasteiger partial charge in [0.1, 0.15) is 12.4 Å². The molecule has 3 rings (SSSR count). The summed E-state index contributed by atoms with van der Waals surface area (Å²) in [6.45, 7) is 5.70. The van der Waals surface area contributed by atoms with E-state index in [1.807, 2.05) is 20.8 Å². The zero-order valence-corrected chi connectivity index (χ0v) is 14.5. The smallest absolute Gasteiger partial charge is 0.236 e. The number of rotatable bonds is 5. The number of alkyl halides is 2. The van der Waals surface area contributed by atoms with E-state index in [4.69, 9.17) is 4.42 Å². The van der Waals surface area contributed by atoms with Crippen molar-refractivity contribution >= 4 is 17.0 Å². The number of fused-ring (bicyclic) bond motifs is 1. The maximum Gasteiger partial charge on any atom is 0.236 e. The number of aromatic nitrogens is 6. The first-order valence-corrected chi connectivity index (χ1v) is 7.72. The number of nitrogens with zero attached hydrogens (tertiary/aromatic N) is 7. The van der Waals surface area contributed by atoms with E-state index in [-0.39, 0.29) is 12.4 Å². The van der Waals surface area contributed by atoms with Gasteiger partial charge in [-0.15, -0.1) is 10.2 Å². The molecule has 0 aliphatic heterocycles. The summed E-state index contributed by atoms with van der Waals surface area (Å²) >= 11 is 0. The van der Waals surface area contributed by atoms with E-state index in [0.29, 0.717) is 28.8 Å². The van der Waals surface area contributed by atoms with Crippen molar-refractivity contribution in [2.75, 3.05) is 18.5 Å². The Hall–Kier alpha value is -2.65. The molecule has 0 radical (unpaired) electrons. The maximum atomic E-state index is 13.2. The molecule has 0 aliphatic carbocycles. The molecule has 3 aromatic heterocycles. The van der Waals surface area contributed by atoms with Crippen molar-refractivity contribution in [3.05, 3.63) is 23.9 Å². The highest BCUT2D eigenvalue weighted by molar-refractivity contribution is 5.83. The predicted octanol–water partition coefficient (Wildman–Crippen LogP) is 2.52. The van der Waals surface area contributed by atoms with Crippen LogP contribution in [0, 0.1) is 6.92 Å². The Morgan fingerprint density at radius 1 is 1.16 bits per heavy atom. The lowest BCUT2D eigenvalue weighted by atomic mass is 9.96. The molecule has 0 unspecified atom stereocenters. The fraction of sp³-hybridized carbons (Fsp3) is 0.533. The second kappa shape index (κ2) is 6.34. The zero-order valence-electron chi connectivity index (χ0n) is 14.5. The third-order valence-electron chi connectivity index (χ3n) is 3.58. The molecule has 0 aromatic carbocycles. The van der Waals surface area contributed by atoms with Crippen molar-refractivity contribution in [2.45, 2.75) is 39.7 Å². The van der Waals surface area contributed by atoms with E-state index in [1.54, 1.807) is 11.5 Å². The minimum absolute atomic E-state index is 0.125. The molecule has 3 aromatic rings. The van der Waals surface area contributed by atoms with Gasteiger partial charge < -0.3 is 8.98 Å². The van der Waals surface area contributed by atoms with Gasteiger partial charge in [0, 0.05) is 12.3 Å². The average Bonchev–Trinajstić information content (AvgIpc) is 3.14. The topological polar surface area (TPSA) is 85.8 Å². The van der Waals surface area contributed by atoms with Gasteiger partial charge in [-0.25, -0.2) is 23.7 Å². The Bertz CT molecular complexity index is 880. The summed E-state index contributed by atoms with van der Waals surface area (Å²) in [4.78, 5) is 14.0. The summed E-state index contributed by atoms with van der Waals surface area (Å²) in [7, 11) is 0. The van der Waals surface area contributed by atoms with Gasteiger partial charge in [-0.05, 0) is 0 Å². The third-order valence-corrected chi connectivity index (χ3v) is 3.58. The van der Waals surface area contributed by atoms with Crippen molar-refractivity contribution in [3.63, 3.8) is 0 Å². The lowest BCUT2D eigenvalue weighted by Crippen LogP contribution is -2.25. The van der Waals surface area contributed by atoms with Gasteiger partial charge in [-0.1, -0.05) is 20.8 Å². The van der Waals surface area contributed by atoms with Gasteiger partial charge in [-0.3, -0.25) is 4.90 Å². The van der Waals surface area contributed by atoms with Crippen molar-refractivity contribution in [1.29, 1.82) is 0 Å². The number of hydrogen-bond acceptors (Lipinski definition) is 7. The van der Waals surface area contributed by atoms with Crippen LogP contribution in [0.5, 0.6) is 0 Å². The molecule has 8 nitrogen and oxygen atoms in total. The van der Waals surface area contributed by atoms with Crippen LogP contribution in [0.2, 0.25) is 0 Å². The van der Waals surface area contributed by atoms with Crippen LogP contribution in [0.15, 0.2) is 10.7 Å². The molecule has 0 bridgehead atoms. The second-order valence-electron chi connectivity index (χ2n) is 6.66. The van der Waals surface area contributed by atoms with E-state index in [1.165, 1.54) is 6.33 Å². The Labute approximate surface area is 142 Å². The van der Waals surface area contributed by atoms with Crippen LogP contribution in [0.1, 0.15) is 38.4 Å². The largest absolute Gasteiger partial charge is 0.424 e. The van der Waals surface area contributed by atoms with Gasteiger partial charge in [-0.2, -0.15) is 0 Å². The van der Waals surface area contributed by atoms with E-state index in [2.05, 4.69) is 25.1 Å². The molecule has 3 heterocycles. The fourth-order valence-electron chi connectivity index (χ4n) is 2.29. The summed E-state index contributed by atoms with van der Waals surface area (Å²) in [5.41, 5.74) is 0.370. The lowest BCUT2D eigenvalue weighted by molar-refractivity contribution is 0.395. The highest BCUT2D eigenvalue weighted by Gasteiger charge is 2.24. The molecule has 10 heteroatoms. The van der Waals surface area contributed by atoms with Gasteiger partial charge >= 0.3 is 0 Å². The SMILES string of the molecule is Cc1nnc(Cn2cnc3c(N(CF)CF)nc(C(C)(C)C)nc32)o1. The monoisotopic (exact) mass is 351 g/mol. The number of imidazole rings is 1. The number of halogens is 2. The normalized spacial score (nSPS) is 12.1. The molecule has 0 aliphatic rings. The maximum absolute atomic E-state index is 13.2. The highest BCUT2D eigenvalue weighted by atomic mass is 19.1. The summed E-state index contributed by atoms with van der Waals surface area (Å²) in [5.74, 6) is 1.43. The van der Waals surface area contributed by atoms with Gasteiger partial charge in [0.2, 0.25) is 11.8 Å². The first-order valence-electron chi connectivity index (χ1n) is 7.72. The first-order chi connectivity index (χ1) is 11.8. The highest BCUT2D eigenvalue weighted by Crippen LogP contribution is 2.28. The standard InChI is InChI=1S/C15H19F2N7O/c1-9-21-22-10(25-9)5-23-8-18-11-12(23)19-14(15(2,3)4)20-13(11)24(6-16)7-17/h8H,5-7H2,1-4H3. The van der Waals surface area contributed by atoms with Gasteiger partial charge in [0.15, 0.2) is 30.6 Å². The van der Waals surface area contributed by atoms with Crippen molar-refractivity contribution in [3.8, 4) is 0 Å². The Kier molecular flexibility index (Phi) is 4.36. The van der Waals surface area contributed by atoms with Crippen molar-refractivity contribution in [2.24, 2.45) is 0 Å².